The van der Waals surface area contributed by atoms with E-state index in [9.17, 15) is 4.79 Å². The van der Waals surface area contributed by atoms with Crippen molar-refractivity contribution >= 4 is 5.91 Å². The molecule has 19 heavy (non-hydrogen) atoms. The Hall–Kier alpha value is -1.40. The molecule has 2 heterocycles. The maximum absolute atomic E-state index is 11.9. The Morgan fingerprint density at radius 1 is 1.37 bits per heavy atom. The molecule has 1 amide bonds. The van der Waals surface area contributed by atoms with E-state index < -0.39 is 0 Å². The maximum Gasteiger partial charge on any atom is 0.223 e. The van der Waals surface area contributed by atoms with Crippen LogP contribution in [0.1, 0.15) is 12.0 Å². The van der Waals surface area contributed by atoms with Gasteiger partial charge in [-0.3, -0.25) is 14.4 Å². The largest absolute Gasteiger partial charge is 0.340 e. The van der Waals surface area contributed by atoms with Gasteiger partial charge in [-0.2, -0.15) is 5.10 Å². The fourth-order valence-corrected chi connectivity index (χ4v) is 2.36. The van der Waals surface area contributed by atoms with Gasteiger partial charge in [0.05, 0.1) is 6.20 Å². The van der Waals surface area contributed by atoms with Crippen molar-refractivity contribution in [3.05, 3.63) is 18.0 Å². The number of aryl methyl sites for hydroxylation is 1. The molecule has 0 saturated carbocycles. The van der Waals surface area contributed by atoms with E-state index in [4.69, 9.17) is 0 Å². The molecule has 0 atom stereocenters. The Morgan fingerprint density at radius 3 is 2.68 bits per heavy atom. The molecule has 6 nitrogen and oxygen atoms in total. The van der Waals surface area contributed by atoms with Crippen LogP contribution < -0.4 is 5.32 Å². The van der Waals surface area contributed by atoms with Crippen molar-refractivity contribution in [3.63, 3.8) is 0 Å². The lowest BCUT2D eigenvalue weighted by Gasteiger charge is -2.34. The summed E-state index contributed by atoms with van der Waals surface area (Å²) in [6.45, 7) is 5.24. The summed E-state index contributed by atoms with van der Waals surface area (Å²) in [5.41, 5.74) is 1.23. The van der Waals surface area contributed by atoms with Gasteiger partial charge in [0, 0.05) is 64.5 Å². The summed E-state index contributed by atoms with van der Waals surface area (Å²) in [5.74, 6) is 0.260. The molecule has 2 rings (SSSR count). The quantitative estimate of drug-likeness (QED) is 0.792. The second-order valence-corrected chi connectivity index (χ2v) is 5.03. The maximum atomic E-state index is 11.9. The number of nitrogens with zero attached hydrogens (tertiary/aromatic N) is 4. The highest BCUT2D eigenvalue weighted by atomic mass is 16.2. The van der Waals surface area contributed by atoms with Crippen LogP contribution >= 0.6 is 0 Å². The number of rotatable bonds is 5. The van der Waals surface area contributed by atoms with Gasteiger partial charge < -0.3 is 10.2 Å². The molecule has 1 fully saturated rings. The van der Waals surface area contributed by atoms with Gasteiger partial charge in [-0.15, -0.1) is 0 Å². The van der Waals surface area contributed by atoms with Crippen molar-refractivity contribution in [2.24, 2.45) is 7.05 Å². The van der Waals surface area contributed by atoms with Crippen LogP contribution in [0.3, 0.4) is 0 Å². The lowest BCUT2D eigenvalue weighted by atomic mass is 10.2. The van der Waals surface area contributed by atoms with Gasteiger partial charge in [0.1, 0.15) is 0 Å². The van der Waals surface area contributed by atoms with Crippen molar-refractivity contribution in [3.8, 4) is 0 Å². The third-order valence-electron chi connectivity index (χ3n) is 3.48. The Kier molecular flexibility index (Phi) is 4.93. The lowest BCUT2D eigenvalue weighted by molar-refractivity contribution is -0.132. The molecule has 0 unspecified atom stereocenters. The van der Waals surface area contributed by atoms with Crippen molar-refractivity contribution < 1.29 is 4.79 Å². The summed E-state index contributed by atoms with van der Waals surface area (Å²) in [5, 5.41) is 7.19. The molecule has 0 aromatic carbocycles. The number of nitrogens with one attached hydrogen (secondary N) is 1. The van der Waals surface area contributed by atoms with E-state index in [1.165, 1.54) is 5.56 Å². The second kappa shape index (κ2) is 6.68. The molecule has 6 heteroatoms. The molecule has 1 aromatic heterocycles. The summed E-state index contributed by atoms with van der Waals surface area (Å²) in [6.07, 6.45) is 4.55. The number of amides is 1. The number of piperazine rings is 1. The first kappa shape index (κ1) is 14.0. The third-order valence-corrected chi connectivity index (χ3v) is 3.48. The highest BCUT2D eigenvalue weighted by Crippen LogP contribution is 2.08. The molecule has 0 spiro atoms. The van der Waals surface area contributed by atoms with Crippen LogP contribution in [0, 0.1) is 0 Å². The van der Waals surface area contributed by atoms with Gasteiger partial charge in [-0.25, -0.2) is 0 Å². The van der Waals surface area contributed by atoms with E-state index in [0.29, 0.717) is 6.42 Å². The van der Waals surface area contributed by atoms with E-state index in [2.05, 4.69) is 15.3 Å². The first-order valence-electron chi connectivity index (χ1n) is 6.81. The number of aromatic nitrogens is 2. The lowest BCUT2D eigenvalue weighted by Crippen LogP contribution is -2.48. The van der Waals surface area contributed by atoms with Gasteiger partial charge in [0.2, 0.25) is 5.91 Å². The topological polar surface area (TPSA) is 53.4 Å². The van der Waals surface area contributed by atoms with E-state index in [1.807, 2.05) is 36.1 Å². The number of hydrogen-bond donors (Lipinski definition) is 1. The zero-order valence-electron chi connectivity index (χ0n) is 11.8. The Labute approximate surface area is 114 Å². The molecule has 0 bridgehead atoms. The molecular formula is C13H23N5O. The number of carbonyl (C=O) groups excluding carboxylic acids is 1. The smallest absolute Gasteiger partial charge is 0.223 e. The summed E-state index contributed by atoms with van der Waals surface area (Å²) in [7, 11) is 3.81. The first-order chi connectivity index (χ1) is 9.19. The van der Waals surface area contributed by atoms with Crippen molar-refractivity contribution in [1.29, 1.82) is 0 Å². The fourth-order valence-electron chi connectivity index (χ4n) is 2.36. The molecule has 106 valence electrons. The minimum Gasteiger partial charge on any atom is -0.340 e. The zero-order valence-corrected chi connectivity index (χ0v) is 11.8. The van der Waals surface area contributed by atoms with E-state index in [1.54, 1.807) is 0 Å². The van der Waals surface area contributed by atoms with Crippen LogP contribution in [-0.4, -0.2) is 65.3 Å². The molecule has 1 N–H and O–H groups in total. The molecule has 1 saturated heterocycles. The van der Waals surface area contributed by atoms with Crippen LogP contribution in [-0.2, 0) is 18.4 Å². The van der Waals surface area contributed by atoms with Gasteiger partial charge >= 0.3 is 0 Å². The van der Waals surface area contributed by atoms with Gasteiger partial charge in [0.25, 0.3) is 0 Å². The van der Waals surface area contributed by atoms with E-state index in [-0.39, 0.29) is 5.91 Å². The second-order valence-electron chi connectivity index (χ2n) is 5.03. The van der Waals surface area contributed by atoms with Crippen molar-refractivity contribution in [1.82, 2.24) is 24.9 Å². The third kappa shape index (κ3) is 4.04. The summed E-state index contributed by atoms with van der Waals surface area (Å²) in [4.78, 5) is 16.2. The zero-order chi connectivity index (χ0) is 13.7. The fraction of sp³-hybridized carbons (Fsp3) is 0.692. The van der Waals surface area contributed by atoms with Crippen LogP contribution in [0.25, 0.3) is 0 Å². The minimum atomic E-state index is 0.260. The molecule has 1 aromatic rings. The van der Waals surface area contributed by atoms with Crippen LogP contribution in [0.15, 0.2) is 12.4 Å². The first-order valence-corrected chi connectivity index (χ1v) is 6.81. The SMILES string of the molecule is CNCCC(=O)N1CCN(Cc2cnn(C)c2)CC1. The number of hydrogen-bond acceptors (Lipinski definition) is 4. The molecular weight excluding hydrogens is 242 g/mol. The van der Waals surface area contributed by atoms with Crippen LogP contribution in [0.2, 0.25) is 0 Å². The van der Waals surface area contributed by atoms with Gasteiger partial charge in [-0.1, -0.05) is 0 Å². The minimum absolute atomic E-state index is 0.260. The Balaban J connectivity index is 1.74. The van der Waals surface area contributed by atoms with Gasteiger partial charge in [-0.05, 0) is 7.05 Å². The average Bonchev–Trinajstić information content (AvgIpc) is 2.82. The predicted octanol–water partition coefficient (Wildman–Crippen LogP) is -0.326. The summed E-state index contributed by atoms with van der Waals surface area (Å²) >= 11 is 0. The monoisotopic (exact) mass is 265 g/mol. The molecule has 1 aliphatic heterocycles. The standard InChI is InChI=1S/C13H23N5O/c1-14-4-3-13(19)18-7-5-17(6-8-18)11-12-9-15-16(2)10-12/h9-10,14H,3-8,11H2,1-2H3. The average molecular weight is 265 g/mol. The summed E-state index contributed by atoms with van der Waals surface area (Å²) in [6, 6.07) is 0. The number of carbonyl (C=O) groups is 1. The van der Waals surface area contributed by atoms with Crippen molar-refractivity contribution in [2.75, 3.05) is 39.8 Å². The predicted molar refractivity (Wildman–Crippen MR) is 73.6 cm³/mol. The van der Waals surface area contributed by atoms with E-state index in [0.717, 1.165) is 39.3 Å². The summed E-state index contributed by atoms with van der Waals surface area (Å²) < 4.78 is 1.83. The Bertz CT molecular complexity index is 409. The van der Waals surface area contributed by atoms with Crippen LogP contribution in [0.5, 0.6) is 0 Å². The highest BCUT2D eigenvalue weighted by Gasteiger charge is 2.20. The molecule has 0 aliphatic carbocycles. The van der Waals surface area contributed by atoms with Crippen LogP contribution in [0.4, 0.5) is 0 Å². The highest BCUT2D eigenvalue weighted by molar-refractivity contribution is 5.76. The van der Waals surface area contributed by atoms with E-state index >= 15 is 0 Å². The molecule has 0 radical (unpaired) electrons. The van der Waals surface area contributed by atoms with Gasteiger partial charge in [0.15, 0.2) is 0 Å². The Morgan fingerprint density at radius 2 is 2.11 bits per heavy atom. The molecule has 1 aliphatic rings. The normalized spacial score (nSPS) is 16.8. The van der Waals surface area contributed by atoms with Crippen molar-refractivity contribution in [2.45, 2.75) is 13.0 Å².